The Hall–Kier alpha value is 8.15. The van der Waals surface area contributed by atoms with Crippen LogP contribution in [0.5, 0.6) is 0 Å². The van der Waals surface area contributed by atoms with Crippen LogP contribution in [0.15, 0.2) is 24.3 Å². The van der Waals surface area contributed by atoms with E-state index < -0.39 is 7.25 Å². The van der Waals surface area contributed by atoms with Crippen molar-refractivity contribution in [3.05, 3.63) is 24.3 Å². The number of halogens is 4. The van der Waals surface area contributed by atoms with Crippen LogP contribution in [0.25, 0.3) is 11.4 Å². The average Bonchev–Trinajstić information content (AvgIpc) is 3.69. The van der Waals surface area contributed by atoms with E-state index in [9.17, 15) is 17.3 Å². The summed E-state index contributed by atoms with van der Waals surface area (Å²) >= 11 is 0. The van der Waals surface area contributed by atoms with Gasteiger partial charge >= 0.3 is 7.25 Å². The van der Waals surface area contributed by atoms with Gasteiger partial charge in [0.2, 0.25) is 0 Å². The van der Waals surface area contributed by atoms with Crippen LogP contribution in [0.1, 0.15) is 104 Å². The van der Waals surface area contributed by atoms with E-state index in [-0.39, 0.29) is 299 Å². The second-order valence-corrected chi connectivity index (χ2v) is 30.0. The van der Waals surface area contributed by atoms with Crippen LogP contribution in [0.2, 0.25) is 0 Å². The first-order chi connectivity index (χ1) is 24.6. The summed E-state index contributed by atoms with van der Waals surface area (Å²) in [6.45, 7) is 34.6. The Bertz CT molecular complexity index is 861. The smallest absolute Gasteiger partial charge is 0.673 e. The molecule has 29 heteroatoms. The van der Waals surface area contributed by atoms with Crippen LogP contribution in [0, 0.1) is 0 Å². The number of benzene rings is 1. The van der Waals surface area contributed by atoms with Crippen molar-refractivity contribution >= 4 is 189 Å². The summed E-state index contributed by atoms with van der Waals surface area (Å²) in [7, 11) is -5.31. The first kappa shape index (κ1) is 130. The van der Waals surface area contributed by atoms with E-state index in [4.69, 9.17) is 5.73 Å². The molecule has 6 radical (unpaired) electrons. The molecular weight excluding hydrogens is 2510 g/mol. The minimum atomic E-state index is -6.00. The Labute approximate surface area is 578 Å². The normalized spacial score (nSPS) is 8.18. The summed E-state index contributed by atoms with van der Waals surface area (Å²) in [5.74, 6) is 0.523. The van der Waals surface area contributed by atoms with Crippen molar-refractivity contribution in [2.24, 2.45) is 0 Å². The summed E-state index contributed by atoms with van der Waals surface area (Å²) in [5.41, 5.74) is 7.09. The zero-order valence-electron chi connectivity index (χ0n) is 41.9. The van der Waals surface area contributed by atoms with Crippen molar-refractivity contribution in [1.29, 1.82) is 0 Å². The molecule has 0 spiro atoms. The maximum Gasteiger partial charge on any atom is 0.673 e. The zero-order valence-corrected chi connectivity index (χ0v) is 76.9. The fraction of sp³-hybridized carbons (Fsp3) is 0.811. The van der Waals surface area contributed by atoms with Gasteiger partial charge in [-0.2, -0.15) is 5.21 Å². The molecule has 2 aromatic rings. The maximum absolute atomic E-state index is 9.75. The molecule has 0 bridgehead atoms. The number of anilines is 1. The Morgan fingerprint density at radius 1 is 0.394 bits per heavy atom. The van der Waals surface area contributed by atoms with Gasteiger partial charge in [-0.25, -0.2) is 0 Å². The maximum atomic E-state index is 9.75. The second-order valence-electron chi connectivity index (χ2n) is 11.9. The number of hydrogen-bond acceptors (Lipinski definition) is 4. The topological polar surface area (TPSA) is 78.8 Å². The molecule has 0 fully saturated rings. The van der Waals surface area contributed by atoms with Crippen LogP contribution in [0.4, 0.5) is 23.0 Å². The van der Waals surface area contributed by atoms with Crippen LogP contribution in [-0.2, 0) is 123 Å². The summed E-state index contributed by atoms with van der Waals surface area (Å²) < 4.78 is 39.0. The van der Waals surface area contributed by atoms with Crippen molar-refractivity contribution in [2.75, 3.05) is 98.2 Å². The molecule has 5 nitrogen and oxygen atoms in total. The molecule has 1 aromatic heterocycles. The van der Waals surface area contributed by atoms with E-state index in [1.54, 1.807) is 12.1 Å². The van der Waals surface area contributed by atoms with E-state index in [2.05, 4.69) is 124 Å². The number of nitrogens with two attached hydrogens (primary N) is 1. The van der Waals surface area contributed by atoms with E-state index in [0.717, 1.165) is 5.56 Å². The molecule has 0 aliphatic heterocycles. The van der Waals surface area contributed by atoms with Crippen molar-refractivity contribution in [1.82, 2.24) is 20.6 Å². The first-order valence-electron chi connectivity index (χ1n) is 20.2. The third kappa shape index (κ3) is 104. The number of nitrogens with zero attached hydrogens (tertiary/aromatic N) is 4. The molecule has 0 aliphatic carbocycles. The van der Waals surface area contributed by atoms with Gasteiger partial charge in [-0.15, -0.1) is 0 Å². The zero-order chi connectivity index (χ0) is 41.4. The molecule has 0 saturated heterocycles. The van der Waals surface area contributed by atoms with Gasteiger partial charge in [0.25, 0.3) is 0 Å². The van der Waals surface area contributed by atoms with Crippen molar-refractivity contribution in [2.45, 2.75) is 104 Å². The van der Waals surface area contributed by atoms with Gasteiger partial charge in [0.1, 0.15) is 0 Å². The number of nitrogen functional groups attached to an aromatic ring is 1. The second kappa shape index (κ2) is 102. The largest absolute Gasteiger partial charge is 2.00 e. The van der Waals surface area contributed by atoms with Crippen molar-refractivity contribution < 1.29 is 140 Å². The molecule has 66 heavy (non-hydrogen) atoms. The van der Waals surface area contributed by atoms with Crippen LogP contribution < -0.4 is 10.8 Å². The van der Waals surface area contributed by atoms with Gasteiger partial charge in [0.05, 0.1) is 92.4 Å². The van der Waals surface area contributed by atoms with Gasteiger partial charge in [0, 0.05) is 134 Å². The minimum Gasteiger partial charge on any atom is -2.00 e. The van der Waals surface area contributed by atoms with E-state index in [1.165, 1.54) is 92.4 Å². The van der Waals surface area contributed by atoms with Crippen LogP contribution >= 0.6 is 39.6 Å². The molecule has 0 atom stereocenters. The number of aromatic nitrogens is 4. The third-order valence-corrected chi connectivity index (χ3v) is 24.0. The summed E-state index contributed by atoms with van der Waals surface area (Å²) in [5, 5.41) is 14.2. The molecule has 1 heterocycles. The quantitative estimate of drug-likeness (QED) is 0.0785. The SMILES string of the molecule is CC[PH+](CC)CC.CC[PH+](CC)CC.CC[PH+](CC)CC.CC[PH+](CC)CC.CC[PH+](CC)CC.F[B-](F)(F)F.Nc1ccc(-c2nnn[n-]2)cc1.[Re].[Re].[Re].[Re].[Re].[Re].[Se-2].[Se-2].[Se-2].[Se-2].[Se-2].[Se-2].[Se-2].[Se-2]. The molecule has 0 unspecified atom stereocenters. The van der Waals surface area contributed by atoms with Gasteiger partial charge in [-0.05, 0) is 161 Å². The molecule has 418 valence electrons. The fourth-order valence-electron chi connectivity index (χ4n) is 4.64. The number of hydrogen-bond donors (Lipinski definition) is 1. The van der Waals surface area contributed by atoms with Gasteiger partial charge < -0.3 is 165 Å². The number of tetrazole rings is 1. The number of rotatable bonds is 16. The molecule has 0 amide bonds. The molecule has 0 aliphatic rings. The minimum absolute atomic E-state index is 0. The van der Waals surface area contributed by atoms with E-state index in [1.807, 2.05) is 12.1 Å². The van der Waals surface area contributed by atoms with Gasteiger partial charge in [-0.3, -0.25) is 10.3 Å². The van der Waals surface area contributed by atoms with E-state index >= 15 is 0 Å². The summed E-state index contributed by atoms with van der Waals surface area (Å²) in [4.78, 5) is 0. The fourth-order valence-corrected chi connectivity index (χ4v) is 12.1. The Morgan fingerprint density at radius 2 is 0.561 bits per heavy atom. The van der Waals surface area contributed by atoms with Crippen molar-refractivity contribution in [3.8, 4) is 11.4 Å². The Balaban J connectivity index is -0.0000000225. The Kier molecular flexibility index (Phi) is 201. The molecule has 1 aromatic carbocycles. The predicted octanol–water partition coefficient (Wildman–Crippen LogP) is 9.62. The predicted molar refractivity (Wildman–Crippen MR) is 299 cm³/mol. The average molecular weight is 2590 g/mol. The third-order valence-electron chi connectivity index (χ3n) is 8.99. The summed E-state index contributed by atoms with van der Waals surface area (Å²) in [6.07, 6.45) is 21.8. The van der Waals surface area contributed by atoms with Gasteiger partial charge in [-0.1, -0.05) is 12.1 Å². The molecular formula is C37H86BF4N5P5Re6Se8-13. The first-order valence-corrected chi connectivity index (χ1v) is 30.8. The monoisotopic (exact) mass is 2600 g/mol. The molecule has 2 N–H and O–H groups in total. The van der Waals surface area contributed by atoms with Gasteiger partial charge in [0.15, 0.2) is 0 Å². The molecule has 2 rings (SSSR count). The van der Waals surface area contributed by atoms with Crippen molar-refractivity contribution in [3.63, 3.8) is 0 Å². The standard InChI is InChI=1S/C7H6N5.5C6H15P.BF4.6Re.8Se/c8-6-3-1-5(2-4-6)7-9-11-12-10-7;5*1-4-7(5-2)6-3;2-1(3,4)5;;;;;;;;;;;;;;/h1-4H,8H2;5*4-6H2,1-3H3;;;;;;;;;;;;;;;/q-1;;;;;;-1;;;;;;;8*-2/p+5. The van der Waals surface area contributed by atoms with Crippen LogP contribution in [0.3, 0.4) is 0 Å². The van der Waals surface area contributed by atoms with Crippen LogP contribution in [-0.4, -0.2) is 252 Å². The Morgan fingerprint density at radius 3 is 0.667 bits per heavy atom. The van der Waals surface area contributed by atoms with E-state index in [0.29, 0.717) is 11.5 Å². The molecule has 0 saturated carbocycles. The summed E-state index contributed by atoms with van der Waals surface area (Å²) in [6, 6.07) is 7.22.